The van der Waals surface area contributed by atoms with E-state index < -0.39 is 11.9 Å². The second kappa shape index (κ2) is 7.78. The zero-order valence-corrected chi connectivity index (χ0v) is 13.3. The number of esters is 1. The lowest BCUT2D eigenvalue weighted by Gasteiger charge is -2.09. The third kappa shape index (κ3) is 4.10. The van der Waals surface area contributed by atoms with Crippen molar-refractivity contribution in [3.05, 3.63) is 41.6 Å². The number of nitrogens with zero attached hydrogens (tertiary/aromatic N) is 3. The van der Waals surface area contributed by atoms with Gasteiger partial charge in [-0.1, -0.05) is 0 Å². The molecule has 1 amide bonds. The molecule has 0 aliphatic rings. The first-order valence-electron chi connectivity index (χ1n) is 7.17. The average Bonchev–Trinajstić information content (AvgIpc) is 2.94. The lowest BCUT2D eigenvalue weighted by atomic mass is 10.2. The SMILES string of the molecule is CCOC(=O)c1cnn(C)c1NC(=O)COc1ccc(C#N)cc1. The van der Waals surface area contributed by atoms with Gasteiger partial charge in [0.1, 0.15) is 17.1 Å². The molecule has 0 atom stereocenters. The summed E-state index contributed by atoms with van der Waals surface area (Å²) in [5.74, 6) is -0.316. The third-order valence-electron chi connectivity index (χ3n) is 3.05. The van der Waals surface area contributed by atoms with Crippen molar-refractivity contribution in [3.8, 4) is 11.8 Å². The molecule has 0 saturated carbocycles. The van der Waals surface area contributed by atoms with Gasteiger partial charge in [-0.15, -0.1) is 0 Å². The largest absolute Gasteiger partial charge is 0.484 e. The smallest absolute Gasteiger partial charge is 0.343 e. The monoisotopic (exact) mass is 328 g/mol. The van der Waals surface area contributed by atoms with Crippen LogP contribution in [0.25, 0.3) is 0 Å². The van der Waals surface area contributed by atoms with Crippen LogP contribution in [0.2, 0.25) is 0 Å². The molecule has 1 aromatic heterocycles. The van der Waals surface area contributed by atoms with Gasteiger partial charge in [-0.25, -0.2) is 4.79 Å². The summed E-state index contributed by atoms with van der Waals surface area (Å²) in [5.41, 5.74) is 0.673. The number of amides is 1. The maximum atomic E-state index is 12.0. The predicted molar refractivity (Wildman–Crippen MR) is 84.4 cm³/mol. The molecule has 0 spiro atoms. The highest BCUT2D eigenvalue weighted by molar-refractivity contribution is 6.00. The zero-order valence-electron chi connectivity index (χ0n) is 13.3. The van der Waals surface area contributed by atoms with Crippen molar-refractivity contribution in [3.63, 3.8) is 0 Å². The molecule has 0 saturated heterocycles. The molecule has 0 fully saturated rings. The van der Waals surface area contributed by atoms with Crippen molar-refractivity contribution >= 4 is 17.7 Å². The van der Waals surface area contributed by atoms with Crippen LogP contribution in [0.1, 0.15) is 22.8 Å². The van der Waals surface area contributed by atoms with Crippen LogP contribution in [0.5, 0.6) is 5.75 Å². The van der Waals surface area contributed by atoms with E-state index in [9.17, 15) is 9.59 Å². The number of nitrogens with one attached hydrogen (secondary N) is 1. The number of anilines is 1. The highest BCUT2D eigenvalue weighted by atomic mass is 16.5. The Hall–Kier alpha value is -3.34. The number of benzene rings is 1. The van der Waals surface area contributed by atoms with Gasteiger partial charge in [0.25, 0.3) is 5.91 Å². The number of hydrogen-bond acceptors (Lipinski definition) is 6. The quantitative estimate of drug-likeness (QED) is 0.805. The van der Waals surface area contributed by atoms with E-state index in [1.807, 2.05) is 6.07 Å². The third-order valence-corrected chi connectivity index (χ3v) is 3.05. The molecule has 1 aromatic carbocycles. The van der Waals surface area contributed by atoms with Crippen LogP contribution in [-0.4, -0.2) is 34.9 Å². The number of aromatic nitrogens is 2. The van der Waals surface area contributed by atoms with E-state index in [0.29, 0.717) is 11.3 Å². The van der Waals surface area contributed by atoms with Gasteiger partial charge in [0.05, 0.1) is 24.4 Å². The number of carbonyl (C=O) groups excluding carboxylic acids is 2. The first-order chi connectivity index (χ1) is 11.5. The fourth-order valence-electron chi connectivity index (χ4n) is 1.89. The topological polar surface area (TPSA) is 106 Å². The summed E-state index contributed by atoms with van der Waals surface area (Å²) >= 11 is 0. The van der Waals surface area contributed by atoms with Gasteiger partial charge in [-0.05, 0) is 31.2 Å². The van der Waals surface area contributed by atoms with Crippen molar-refractivity contribution < 1.29 is 19.1 Å². The highest BCUT2D eigenvalue weighted by Gasteiger charge is 2.19. The summed E-state index contributed by atoms with van der Waals surface area (Å²) in [7, 11) is 1.60. The van der Waals surface area contributed by atoms with Crippen LogP contribution in [0.3, 0.4) is 0 Å². The van der Waals surface area contributed by atoms with Gasteiger partial charge in [0.2, 0.25) is 0 Å². The summed E-state index contributed by atoms with van der Waals surface area (Å²) in [5, 5.41) is 15.2. The van der Waals surface area contributed by atoms with Crippen LogP contribution in [-0.2, 0) is 16.6 Å². The highest BCUT2D eigenvalue weighted by Crippen LogP contribution is 2.16. The second-order valence-electron chi connectivity index (χ2n) is 4.72. The number of nitriles is 1. The van der Waals surface area contributed by atoms with Crippen LogP contribution in [0.15, 0.2) is 30.5 Å². The van der Waals surface area contributed by atoms with Crippen molar-refractivity contribution in [2.75, 3.05) is 18.5 Å². The molecular formula is C16H16N4O4. The van der Waals surface area contributed by atoms with Crippen molar-refractivity contribution in [2.24, 2.45) is 7.05 Å². The van der Waals surface area contributed by atoms with E-state index in [1.54, 1.807) is 38.2 Å². The first kappa shape index (κ1) is 17.0. The lowest BCUT2D eigenvalue weighted by Crippen LogP contribution is -2.23. The Labute approximate surface area is 138 Å². The molecule has 0 unspecified atom stereocenters. The fourth-order valence-corrected chi connectivity index (χ4v) is 1.89. The Morgan fingerprint density at radius 3 is 2.67 bits per heavy atom. The number of rotatable bonds is 6. The summed E-state index contributed by atoms with van der Waals surface area (Å²) in [4.78, 5) is 23.8. The minimum Gasteiger partial charge on any atom is -0.484 e. The zero-order chi connectivity index (χ0) is 17.5. The summed E-state index contributed by atoms with van der Waals surface area (Å²) < 4.78 is 11.6. The Balaban J connectivity index is 1.98. The number of carbonyl (C=O) groups is 2. The van der Waals surface area contributed by atoms with Gasteiger partial charge in [0.15, 0.2) is 6.61 Å². The molecule has 2 aromatic rings. The summed E-state index contributed by atoms with van der Waals surface area (Å²) in [6.45, 7) is 1.67. The van der Waals surface area contributed by atoms with Crippen LogP contribution >= 0.6 is 0 Å². The molecule has 2 rings (SSSR count). The standard InChI is InChI=1S/C16H16N4O4/c1-3-23-16(22)13-9-18-20(2)15(13)19-14(21)10-24-12-6-4-11(8-17)5-7-12/h4-7,9H,3,10H2,1-2H3,(H,19,21). The van der Waals surface area contributed by atoms with Gasteiger partial charge >= 0.3 is 5.97 Å². The normalized spacial score (nSPS) is 9.88. The predicted octanol–water partition coefficient (Wildman–Crippen LogP) is 1.49. The van der Waals surface area contributed by atoms with Gasteiger partial charge < -0.3 is 14.8 Å². The van der Waals surface area contributed by atoms with Crippen molar-refractivity contribution in [1.29, 1.82) is 5.26 Å². The van der Waals surface area contributed by atoms with Gasteiger partial charge in [0, 0.05) is 7.05 Å². The van der Waals surface area contributed by atoms with E-state index in [1.165, 1.54) is 10.9 Å². The minimum atomic E-state index is -0.561. The molecule has 0 aliphatic heterocycles. The molecule has 8 heteroatoms. The van der Waals surface area contributed by atoms with Crippen molar-refractivity contribution in [1.82, 2.24) is 9.78 Å². The maximum Gasteiger partial charge on any atom is 0.343 e. The lowest BCUT2D eigenvalue weighted by molar-refractivity contribution is -0.118. The molecule has 124 valence electrons. The minimum absolute atomic E-state index is 0.172. The van der Waals surface area contributed by atoms with E-state index in [4.69, 9.17) is 14.7 Å². The molecule has 8 nitrogen and oxygen atoms in total. The van der Waals surface area contributed by atoms with Gasteiger partial charge in [-0.3, -0.25) is 9.48 Å². The van der Waals surface area contributed by atoms with Gasteiger partial charge in [-0.2, -0.15) is 10.4 Å². The maximum absolute atomic E-state index is 12.0. The summed E-state index contributed by atoms with van der Waals surface area (Å²) in [6, 6.07) is 8.37. The molecular weight excluding hydrogens is 312 g/mol. The molecule has 1 heterocycles. The molecule has 0 bridgehead atoms. The van der Waals surface area contributed by atoms with Crippen molar-refractivity contribution in [2.45, 2.75) is 6.92 Å². The van der Waals surface area contributed by atoms with E-state index in [2.05, 4.69) is 10.4 Å². The Kier molecular flexibility index (Phi) is 5.52. The van der Waals surface area contributed by atoms with E-state index >= 15 is 0 Å². The van der Waals surface area contributed by atoms with E-state index in [0.717, 1.165) is 0 Å². The summed E-state index contributed by atoms with van der Waals surface area (Å²) in [6.07, 6.45) is 1.33. The first-order valence-corrected chi connectivity index (χ1v) is 7.17. The molecule has 24 heavy (non-hydrogen) atoms. The Bertz CT molecular complexity index is 774. The van der Waals surface area contributed by atoms with Crippen LogP contribution in [0.4, 0.5) is 5.82 Å². The second-order valence-corrected chi connectivity index (χ2v) is 4.72. The van der Waals surface area contributed by atoms with Crippen LogP contribution < -0.4 is 10.1 Å². The fraction of sp³-hybridized carbons (Fsp3) is 0.250. The molecule has 1 N–H and O–H groups in total. The van der Waals surface area contributed by atoms with E-state index in [-0.39, 0.29) is 24.6 Å². The molecule has 0 aliphatic carbocycles. The molecule has 0 radical (unpaired) electrons. The number of ether oxygens (including phenoxy) is 2. The Morgan fingerprint density at radius 2 is 2.04 bits per heavy atom. The average molecular weight is 328 g/mol. The Morgan fingerprint density at radius 1 is 1.33 bits per heavy atom. The number of hydrogen-bond donors (Lipinski definition) is 1. The van der Waals surface area contributed by atoms with Crippen LogP contribution in [0, 0.1) is 11.3 Å². The number of aryl methyl sites for hydroxylation is 1.